The summed E-state index contributed by atoms with van der Waals surface area (Å²) >= 11 is 0. The lowest BCUT2D eigenvalue weighted by molar-refractivity contribution is -0.145. The third-order valence-electron chi connectivity index (χ3n) is 5.24. The zero-order valence-electron chi connectivity index (χ0n) is 18.2. The highest BCUT2D eigenvalue weighted by Gasteiger charge is 2.37. The average Bonchev–Trinajstić information content (AvgIpc) is 3.33. The molecule has 0 radical (unpaired) electrons. The summed E-state index contributed by atoms with van der Waals surface area (Å²) < 4.78 is 15.3. The Morgan fingerprint density at radius 3 is 2.56 bits per heavy atom. The summed E-state index contributed by atoms with van der Waals surface area (Å²) in [6.07, 6.45) is 2.37. The minimum atomic E-state index is -0.912. The minimum absolute atomic E-state index is 0.125. The summed E-state index contributed by atoms with van der Waals surface area (Å²) in [5, 5.41) is 2.72. The van der Waals surface area contributed by atoms with E-state index in [0.29, 0.717) is 25.3 Å². The van der Waals surface area contributed by atoms with Gasteiger partial charge in [-0.2, -0.15) is 0 Å². The third kappa shape index (κ3) is 5.96. The molecule has 170 valence electrons. The number of methoxy groups -OCH3 is 2. The Hall–Kier alpha value is -3.62. The Kier molecular flexibility index (Phi) is 8.02. The highest BCUT2D eigenvalue weighted by atomic mass is 16.6. The van der Waals surface area contributed by atoms with Gasteiger partial charge < -0.3 is 19.5 Å². The Morgan fingerprint density at radius 1 is 1.12 bits per heavy atom. The monoisotopic (exact) mass is 441 g/mol. The van der Waals surface area contributed by atoms with Gasteiger partial charge in [-0.05, 0) is 24.0 Å². The van der Waals surface area contributed by atoms with E-state index in [1.807, 2.05) is 30.3 Å². The van der Waals surface area contributed by atoms with Crippen molar-refractivity contribution in [2.45, 2.75) is 38.0 Å². The molecule has 3 rings (SSSR count). The van der Waals surface area contributed by atoms with Crippen molar-refractivity contribution in [2.24, 2.45) is 0 Å². The lowest BCUT2D eigenvalue weighted by atomic mass is 10.1. The van der Waals surface area contributed by atoms with Crippen LogP contribution in [0.3, 0.4) is 0 Å². The second-order valence-corrected chi connectivity index (χ2v) is 7.39. The van der Waals surface area contributed by atoms with E-state index in [4.69, 9.17) is 14.2 Å². The van der Waals surface area contributed by atoms with Crippen LogP contribution in [0.1, 0.15) is 24.0 Å². The van der Waals surface area contributed by atoms with Gasteiger partial charge in [0, 0.05) is 25.2 Å². The fourth-order valence-electron chi connectivity index (χ4n) is 3.55. The average molecular weight is 441 g/mol. The van der Waals surface area contributed by atoms with Gasteiger partial charge in [-0.25, -0.2) is 14.6 Å². The quantitative estimate of drug-likeness (QED) is 0.625. The van der Waals surface area contributed by atoms with Crippen molar-refractivity contribution in [3.8, 4) is 5.88 Å². The van der Waals surface area contributed by atoms with Crippen LogP contribution in [0.4, 0.5) is 4.79 Å². The van der Waals surface area contributed by atoms with Crippen LogP contribution < -0.4 is 10.1 Å². The van der Waals surface area contributed by atoms with Crippen molar-refractivity contribution in [3.05, 3.63) is 59.8 Å². The fraction of sp³-hybridized carbons (Fsp3) is 0.391. The van der Waals surface area contributed by atoms with Gasteiger partial charge in [0.25, 0.3) is 0 Å². The number of nitrogens with zero attached hydrogens (tertiary/aromatic N) is 2. The third-order valence-corrected chi connectivity index (χ3v) is 5.24. The first kappa shape index (κ1) is 23.1. The predicted molar refractivity (Wildman–Crippen MR) is 115 cm³/mol. The lowest BCUT2D eigenvalue weighted by Gasteiger charge is -2.25. The number of aromatic nitrogens is 1. The van der Waals surface area contributed by atoms with E-state index in [9.17, 15) is 14.4 Å². The molecule has 2 heterocycles. The Labute approximate surface area is 186 Å². The van der Waals surface area contributed by atoms with E-state index < -0.39 is 30.1 Å². The molecule has 32 heavy (non-hydrogen) atoms. The van der Waals surface area contributed by atoms with E-state index >= 15 is 0 Å². The molecule has 1 aliphatic rings. The number of amides is 2. The largest absolute Gasteiger partial charge is 0.481 e. The van der Waals surface area contributed by atoms with Gasteiger partial charge in [-0.1, -0.05) is 36.4 Å². The second-order valence-electron chi connectivity index (χ2n) is 7.39. The molecule has 0 saturated carbocycles. The molecule has 1 aromatic heterocycles. The van der Waals surface area contributed by atoms with Crippen LogP contribution in [0.5, 0.6) is 5.88 Å². The molecular formula is C23H27N3O6. The minimum Gasteiger partial charge on any atom is -0.481 e. The zero-order chi connectivity index (χ0) is 22.9. The van der Waals surface area contributed by atoms with Crippen molar-refractivity contribution >= 4 is 18.0 Å². The molecule has 1 aromatic carbocycles. The van der Waals surface area contributed by atoms with Gasteiger partial charge in [0.2, 0.25) is 11.8 Å². The van der Waals surface area contributed by atoms with Crippen LogP contribution in [-0.4, -0.2) is 60.7 Å². The Morgan fingerprint density at radius 2 is 1.91 bits per heavy atom. The van der Waals surface area contributed by atoms with Crippen molar-refractivity contribution in [3.63, 3.8) is 0 Å². The van der Waals surface area contributed by atoms with E-state index in [1.165, 1.54) is 19.1 Å². The normalized spacial score (nSPS) is 16.2. The fourth-order valence-corrected chi connectivity index (χ4v) is 3.55. The van der Waals surface area contributed by atoms with Crippen LogP contribution in [0, 0.1) is 0 Å². The molecule has 0 unspecified atom stereocenters. The zero-order valence-corrected chi connectivity index (χ0v) is 18.2. The number of rotatable bonds is 8. The molecule has 9 heteroatoms. The Balaban J connectivity index is 1.62. The first-order valence-electron chi connectivity index (χ1n) is 10.4. The van der Waals surface area contributed by atoms with Crippen molar-refractivity contribution < 1.29 is 28.6 Å². The van der Waals surface area contributed by atoms with Crippen molar-refractivity contribution in [1.82, 2.24) is 15.2 Å². The van der Waals surface area contributed by atoms with Crippen LogP contribution in [0.2, 0.25) is 0 Å². The molecule has 1 saturated heterocycles. The number of hydrogen-bond donors (Lipinski definition) is 1. The van der Waals surface area contributed by atoms with Gasteiger partial charge in [-0.15, -0.1) is 0 Å². The molecule has 9 nitrogen and oxygen atoms in total. The standard InChI is InChI=1S/C23H27N3O6/c1-30-20-11-10-17(14-24-20)13-18(22(28)31-2)25-21(27)19-9-6-12-26(19)23(29)32-15-16-7-4-3-5-8-16/h3-5,7-8,10-11,14,18-19H,6,9,12-13,15H2,1-2H3,(H,25,27)/t18-,19-/m1/s1. The number of nitrogens with one attached hydrogen (secondary N) is 1. The molecule has 2 aromatic rings. The number of esters is 1. The highest BCUT2D eigenvalue weighted by molar-refractivity contribution is 5.90. The first-order valence-corrected chi connectivity index (χ1v) is 10.4. The molecule has 0 bridgehead atoms. The number of pyridine rings is 1. The molecule has 0 spiro atoms. The molecule has 1 aliphatic heterocycles. The summed E-state index contributed by atoms with van der Waals surface area (Å²) in [7, 11) is 2.77. The van der Waals surface area contributed by atoms with E-state index in [0.717, 1.165) is 11.1 Å². The first-order chi connectivity index (χ1) is 15.5. The van der Waals surface area contributed by atoms with E-state index in [1.54, 1.807) is 18.3 Å². The maximum absolute atomic E-state index is 13.0. The highest BCUT2D eigenvalue weighted by Crippen LogP contribution is 2.20. The molecule has 0 aliphatic carbocycles. The summed E-state index contributed by atoms with van der Waals surface area (Å²) in [5.41, 5.74) is 1.59. The van der Waals surface area contributed by atoms with Crippen LogP contribution in [0.15, 0.2) is 48.7 Å². The number of hydrogen-bond acceptors (Lipinski definition) is 7. The maximum atomic E-state index is 13.0. The van der Waals surface area contributed by atoms with E-state index in [2.05, 4.69) is 10.3 Å². The topological polar surface area (TPSA) is 107 Å². The van der Waals surface area contributed by atoms with Crippen molar-refractivity contribution in [2.75, 3.05) is 20.8 Å². The molecular weight excluding hydrogens is 414 g/mol. The summed E-state index contributed by atoms with van der Waals surface area (Å²) in [6, 6.07) is 11.1. The second kappa shape index (κ2) is 11.1. The number of benzene rings is 1. The van der Waals surface area contributed by atoms with Crippen LogP contribution in [-0.2, 0) is 32.1 Å². The number of likely N-dealkylation sites (tertiary alicyclic amines) is 1. The van der Waals surface area contributed by atoms with Crippen LogP contribution in [0.25, 0.3) is 0 Å². The van der Waals surface area contributed by atoms with Crippen molar-refractivity contribution in [1.29, 1.82) is 0 Å². The van der Waals surface area contributed by atoms with E-state index in [-0.39, 0.29) is 13.0 Å². The predicted octanol–water partition coefficient (Wildman–Crippen LogP) is 2.09. The molecule has 2 amide bonds. The molecule has 1 fully saturated rings. The number of ether oxygens (including phenoxy) is 3. The summed E-state index contributed by atoms with van der Waals surface area (Å²) in [4.78, 5) is 43.3. The van der Waals surface area contributed by atoms with Crippen LogP contribution >= 0.6 is 0 Å². The van der Waals surface area contributed by atoms with Gasteiger partial charge in [0.1, 0.15) is 18.7 Å². The number of carbonyl (C=O) groups excluding carboxylic acids is 3. The van der Waals surface area contributed by atoms with Gasteiger partial charge in [0.15, 0.2) is 0 Å². The smallest absolute Gasteiger partial charge is 0.410 e. The molecule has 2 atom stereocenters. The summed E-state index contributed by atoms with van der Waals surface area (Å²) in [5.74, 6) is -0.551. The van der Waals surface area contributed by atoms with Gasteiger partial charge >= 0.3 is 12.1 Å². The lowest BCUT2D eigenvalue weighted by Crippen LogP contribution is -2.51. The summed E-state index contributed by atoms with van der Waals surface area (Å²) in [6.45, 7) is 0.538. The Bertz CT molecular complexity index is 919. The number of carbonyl (C=O) groups is 3. The SMILES string of the molecule is COC(=O)[C@@H](Cc1ccc(OC)nc1)NC(=O)[C@H]1CCCN1C(=O)OCc1ccccc1. The van der Waals surface area contributed by atoms with Gasteiger partial charge in [0.05, 0.1) is 14.2 Å². The maximum Gasteiger partial charge on any atom is 0.410 e. The molecule has 1 N–H and O–H groups in total. The van der Waals surface area contributed by atoms with Gasteiger partial charge in [-0.3, -0.25) is 9.69 Å².